The van der Waals surface area contributed by atoms with Crippen LogP contribution in [-0.4, -0.2) is 16.6 Å². The number of allylic oxidation sites excluding steroid dienone is 5. The summed E-state index contributed by atoms with van der Waals surface area (Å²) in [5, 5.41) is 0. The number of hydrogen-bond donors (Lipinski definition) is 2. The van der Waals surface area contributed by atoms with Crippen LogP contribution in [0.4, 0.5) is 0 Å². The third-order valence-corrected chi connectivity index (χ3v) is 4.02. The van der Waals surface area contributed by atoms with Crippen LogP contribution in [0.25, 0.3) is 0 Å². The molecule has 0 aliphatic heterocycles. The summed E-state index contributed by atoms with van der Waals surface area (Å²) in [6.07, 6.45) is 10.8. The first-order chi connectivity index (χ1) is 9.56. The van der Waals surface area contributed by atoms with E-state index in [2.05, 4.69) is 32.1 Å². The highest BCUT2D eigenvalue weighted by atomic mass is 31.2. The highest BCUT2D eigenvalue weighted by Crippen LogP contribution is 2.38. The fourth-order valence-corrected chi connectivity index (χ4v) is 2.39. The maximum absolute atomic E-state index is 8.78. The Balaban J connectivity index is 2.05. The molecule has 2 rings (SSSR count). The summed E-state index contributed by atoms with van der Waals surface area (Å²) in [5.41, 5.74) is 2.53. The summed E-state index contributed by atoms with van der Waals surface area (Å²) in [7, 11) is -2.36. The van der Waals surface area contributed by atoms with Crippen LogP contribution >= 0.6 is 8.60 Å². The normalized spacial score (nSPS) is 19.6. The van der Waals surface area contributed by atoms with Crippen LogP contribution in [0.3, 0.4) is 0 Å². The summed E-state index contributed by atoms with van der Waals surface area (Å²) < 4.78 is 10.4. The van der Waals surface area contributed by atoms with Crippen molar-refractivity contribution in [3.05, 3.63) is 35.1 Å². The monoisotopic (exact) mass is 298 g/mol. The average molecular weight is 298 g/mol. The van der Waals surface area contributed by atoms with Crippen LogP contribution < -0.4 is 0 Å². The first-order valence-corrected chi connectivity index (χ1v) is 8.25. The Kier molecular flexibility index (Phi) is 5.79. The lowest BCUT2D eigenvalue weighted by atomic mass is 9.98. The standard InChI is InChI=1S/C15H23O4P/c1-11(2)13-4-3-5-14(8-12-6-7-12)15(9-13)18-10-19-20(16)17/h3-5,11-12,16-17H,6-10H2,1-2H3. The van der Waals surface area contributed by atoms with E-state index in [4.69, 9.17) is 19.0 Å². The summed E-state index contributed by atoms with van der Waals surface area (Å²) >= 11 is 0. The number of rotatable bonds is 7. The van der Waals surface area contributed by atoms with Crippen molar-refractivity contribution in [2.24, 2.45) is 11.8 Å². The Labute approximate surface area is 121 Å². The number of ether oxygens (including phenoxy) is 1. The Morgan fingerprint density at radius 1 is 1.35 bits per heavy atom. The fraction of sp³-hybridized carbons (Fsp3) is 0.600. The molecule has 0 aromatic heterocycles. The van der Waals surface area contributed by atoms with Crippen LogP contribution in [0.15, 0.2) is 35.1 Å². The van der Waals surface area contributed by atoms with E-state index < -0.39 is 8.60 Å². The van der Waals surface area contributed by atoms with Crippen molar-refractivity contribution < 1.29 is 19.0 Å². The average Bonchev–Trinajstić information content (AvgIpc) is 3.18. The van der Waals surface area contributed by atoms with E-state index in [0.717, 1.165) is 24.5 Å². The van der Waals surface area contributed by atoms with Gasteiger partial charge >= 0.3 is 8.60 Å². The van der Waals surface area contributed by atoms with Crippen LogP contribution in [0.5, 0.6) is 0 Å². The SMILES string of the molecule is CC(C)C1=CC=CC(CC2CC2)=C(OCOP(O)O)C1. The molecule has 1 saturated carbocycles. The Hall–Kier alpha value is -0.670. The predicted octanol–water partition coefficient (Wildman–Crippen LogP) is 3.79. The molecule has 0 heterocycles. The van der Waals surface area contributed by atoms with E-state index in [1.54, 1.807) is 0 Å². The van der Waals surface area contributed by atoms with E-state index in [9.17, 15) is 0 Å². The van der Waals surface area contributed by atoms with E-state index >= 15 is 0 Å². The van der Waals surface area contributed by atoms with Gasteiger partial charge in [-0.15, -0.1) is 0 Å². The molecule has 2 aliphatic carbocycles. The van der Waals surface area contributed by atoms with Gasteiger partial charge in [-0.25, -0.2) is 0 Å². The predicted molar refractivity (Wildman–Crippen MR) is 79.4 cm³/mol. The fourth-order valence-electron chi connectivity index (χ4n) is 2.24. The Morgan fingerprint density at radius 2 is 2.10 bits per heavy atom. The van der Waals surface area contributed by atoms with Crippen LogP contribution in [-0.2, 0) is 9.26 Å². The van der Waals surface area contributed by atoms with Crippen molar-refractivity contribution in [2.45, 2.75) is 39.5 Å². The molecule has 0 saturated heterocycles. The lowest BCUT2D eigenvalue weighted by Gasteiger charge is -2.17. The maximum Gasteiger partial charge on any atom is 0.330 e. The van der Waals surface area contributed by atoms with Gasteiger partial charge in [0, 0.05) is 6.42 Å². The molecular weight excluding hydrogens is 275 g/mol. The minimum atomic E-state index is -2.36. The largest absolute Gasteiger partial charge is 0.471 e. The Morgan fingerprint density at radius 3 is 2.70 bits per heavy atom. The highest BCUT2D eigenvalue weighted by molar-refractivity contribution is 7.39. The van der Waals surface area contributed by atoms with Crippen LogP contribution in [0.1, 0.15) is 39.5 Å². The molecule has 0 radical (unpaired) electrons. The van der Waals surface area contributed by atoms with Gasteiger partial charge in [0.15, 0.2) is 6.79 Å². The summed E-state index contributed by atoms with van der Waals surface area (Å²) in [5.74, 6) is 2.15. The lowest BCUT2D eigenvalue weighted by molar-refractivity contribution is 0.0473. The van der Waals surface area contributed by atoms with Gasteiger partial charge < -0.3 is 14.5 Å². The molecular formula is C15H23O4P. The van der Waals surface area contributed by atoms with E-state index in [1.165, 1.54) is 24.0 Å². The zero-order valence-electron chi connectivity index (χ0n) is 12.1. The molecule has 0 aromatic carbocycles. The molecule has 2 aliphatic rings. The van der Waals surface area contributed by atoms with Gasteiger partial charge in [0.25, 0.3) is 0 Å². The third kappa shape index (κ3) is 5.02. The molecule has 0 bridgehead atoms. The van der Waals surface area contributed by atoms with Gasteiger partial charge in [0.2, 0.25) is 0 Å². The molecule has 1 fully saturated rings. The quantitative estimate of drug-likeness (QED) is 0.554. The van der Waals surface area contributed by atoms with E-state index in [1.807, 2.05) is 0 Å². The summed E-state index contributed by atoms with van der Waals surface area (Å²) in [4.78, 5) is 17.6. The van der Waals surface area contributed by atoms with Crippen molar-refractivity contribution in [1.82, 2.24) is 0 Å². The second kappa shape index (κ2) is 7.37. The summed E-state index contributed by atoms with van der Waals surface area (Å²) in [6, 6.07) is 0. The molecule has 0 spiro atoms. The molecule has 0 aromatic rings. The van der Waals surface area contributed by atoms with Crippen molar-refractivity contribution >= 4 is 8.60 Å². The third-order valence-electron chi connectivity index (χ3n) is 3.68. The first-order valence-electron chi connectivity index (χ1n) is 7.09. The zero-order valence-corrected chi connectivity index (χ0v) is 13.0. The second-order valence-electron chi connectivity index (χ2n) is 5.67. The molecule has 5 heteroatoms. The lowest BCUT2D eigenvalue weighted by Crippen LogP contribution is -2.04. The van der Waals surface area contributed by atoms with Gasteiger partial charge in [-0.1, -0.05) is 37.6 Å². The van der Waals surface area contributed by atoms with Crippen molar-refractivity contribution in [1.29, 1.82) is 0 Å². The molecule has 112 valence electrons. The van der Waals surface area contributed by atoms with E-state index in [0.29, 0.717) is 5.92 Å². The highest BCUT2D eigenvalue weighted by Gasteiger charge is 2.24. The van der Waals surface area contributed by atoms with Gasteiger partial charge in [0.1, 0.15) is 5.76 Å². The van der Waals surface area contributed by atoms with Gasteiger partial charge in [-0.05, 0) is 36.7 Å². The molecule has 20 heavy (non-hydrogen) atoms. The van der Waals surface area contributed by atoms with Gasteiger partial charge in [0.05, 0.1) is 0 Å². The molecule has 0 amide bonds. The first kappa shape index (κ1) is 15.7. The molecule has 2 N–H and O–H groups in total. The van der Waals surface area contributed by atoms with Crippen molar-refractivity contribution in [3.63, 3.8) is 0 Å². The topological polar surface area (TPSA) is 58.9 Å². The molecule has 0 unspecified atom stereocenters. The number of hydrogen-bond acceptors (Lipinski definition) is 4. The van der Waals surface area contributed by atoms with Crippen LogP contribution in [0, 0.1) is 11.8 Å². The van der Waals surface area contributed by atoms with Gasteiger partial charge in [-0.3, -0.25) is 4.52 Å². The minimum Gasteiger partial charge on any atom is -0.471 e. The van der Waals surface area contributed by atoms with Gasteiger partial charge in [-0.2, -0.15) is 0 Å². The second-order valence-corrected chi connectivity index (χ2v) is 6.44. The smallest absolute Gasteiger partial charge is 0.330 e. The molecule has 4 nitrogen and oxygen atoms in total. The van der Waals surface area contributed by atoms with Crippen LogP contribution in [0.2, 0.25) is 0 Å². The van der Waals surface area contributed by atoms with Crippen molar-refractivity contribution in [2.75, 3.05) is 6.79 Å². The Bertz CT molecular complexity index is 420. The summed E-state index contributed by atoms with van der Waals surface area (Å²) in [6.45, 7) is 4.22. The van der Waals surface area contributed by atoms with Crippen molar-refractivity contribution in [3.8, 4) is 0 Å². The zero-order chi connectivity index (χ0) is 14.5. The molecule has 0 atom stereocenters. The van der Waals surface area contributed by atoms with E-state index in [-0.39, 0.29) is 6.79 Å². The maximum atomic E-state index is 8.78. The minimum absolute atomic E-state index is 0.110.